The van der Waals surface area contributed by atoms with E-state index in [-0.39, 0.29) is 6.10 Å². The lowest BCUT2D eigenvalue weighted by molar-refractivity contribution is -0.0366. The molecule has 3 rings (SSSR count). The lowest BCUT2D eigenvalue weighted by atomic mass is 10.2. The third-order valence-electron chi connectivity index (χ3n) is 3.87. The highest BCUT2D eigenvalue weighted by Gasteiger charge is 2.24. The van der Waals surface area contributed by atoms with Crippen LogP contribution >= 0.6 is 11.6 Å². The molecular weight excluding hydrogens is 316 g/mol. The molecule has 2 heterocycles. The van der Waals surface area contributed by atoms with Crippen LogP contribution in [-0.2, 0) is 11.8 Å². The number of rotatable bonds is 6. The molecule has 0 bridgehead atoms. The second kappa shape index (κ2) is 7.77. The molecule has 0 aliphatic carbocycles. The van der Waals surface area contributed by atoms with E-state index < -0.39 is 0 Å². The molecule has 0 saturated carbocycles. The van der Waals surface area contributed by atoms with Crippen molar-refractivity contribution in [3.05, 3.63) is 41.4 Å². The molecule has 0 amide bonds. The predicted octanol–water partition coefficient (Wildman–Crippen LogP) is 2.31. The third-order valence-corrected chi connectivity index (χ3v) is 4.10. The van der Waals surface area contributed by atoms with Gasteiger partial charge in [0.2, 0.25) is 0 Å². The molecule has 2 aromatic rings. The second-order valence-corrected chi connectivity index (χ2v) is 6.06. The Balaban J connectivity index is 1.42. The first-order valence-electron chi connectivity index (χ1n) is 7.78. The van der Waals surface area contributed by atoms with Crippen molar-refractivity contribution in [1.82, 2.24) is 19.7 Å². The van der Waals surface area contributed by atoms with Crippen molar-refractivity contribution in [2.24, 2.45) is 7.05 Å². The Bertz CT molecular complexity index is 634. The van der Waals surface area contributed by atoms with Crippen LogP contribution in [0.5, 0.6) is 5.75 Å². The Hall–Kier alpha value is -1.63. The lowest BCUT2D eigenvalue weighted by Crippen LogP contribution is -2.40. The Morgan fingerprint density at radius 1 is 1.43 bits per heavy atom. The van der Waals surface area contributed by atoms with Gasteiger partial charge in [0.05, 0.1) is 13.2 Å². The molecule has 1 aromatic carbocycles. The number of morpholine rings is 1. The lowest BCUT2D eigenvalue weighted by Gasteiger charge is -2.32. The van der Waals surface area contributed by atoms with Gasteiger partial charge in [0.15, 0.2) is 5.82 Å². The van der Waals surface area contributed by atoms with E-state index in [9.17, 15) is 0 Å². The van der Waals surface area contributed by atoms with Gasteiger partial charge in [-0.3, -0.25) is 4.90 Å². The molecule has 124 valence electrons. The number of aryl methyl sites for hydroxylation is 1. The maximum Gasteiger partial charge on any atom is 0.163 e. The maximum absolute atomic E-state index is 5.94. The summed E-state index contributed by atoms with van der Waals surface area (Å²) < 4.78 is 13.5. The summed E-state index contributed by atoms with van der Waals surface area (Å²) in [7, 11) is 1.94. The van der Waals surface area contributed by atoms with Crippen LogP contribution in [0.4, 0.5) is 0 Å². The van der Waals surface area contributed by atoms with Gasteiger partial charge in [-0.1, -0.05) is 17.7 Å². The Labute approximate surface area is 141 Å². The van der Waals surface area contributed by atoms with E-state index in [1.165, 1.54) is 0 Å². The van der Waals surface area contributed by atoms with Crippen molar-refractivity contribution in [3.63, 3.8) is 0 Å². The highest BCUT2D eigenvalue weighted by Crippen LogP contribution is 2.20. The largest absolute Gasteiger partial charge is 0.493 e. The monoisotopic (exact) mass is 336 g/mol. The molecule has 1 aliphatic heterocycles. The Morgan fingerprint density at radius 2 is 2.35 bits per heavy atom. The Morgan fingerprint density at radius 3 is 3.13 bits per heavy atom. The average Bonchev–Trinajstić information content (AvgIpc) is 2.98. The number of ether oxygens (including phenoxy) is 2. The van der Waals surface area contributed by atoms with Gasteiger partial charge in [-0.05, 0) is 24.6 Å². The summed E-state index contributed by atoms with van der Waals surface area (Å²) >= 11 is 5.94. The summed E-state index contributed by atoms with van der Waals surface area (Å²) in [5.74, 6) is 1.70. The Kier molecular flexibility index (Phi) is 5.48. The fourth-order valence-corrected chi connectivity index (χ4v) is 2.86. The minimum atomic E-state index is -0.00917. The normalized spacial score (nSPS) is 19.0. The van der Waals surface area contributed by atoms with E-state index in [1.807, 2.05) is 35.9 Å². The van der Waals surface area contributed by atoms with Crippen LogP contribution < -0.4 is 4.74 Å². The number of hydrogen-bond acceptors (Lipinski definition) is 5. The van der Waals surface area contributed by atoms with Crippen LogP contribution in [0, 0.1) is 0 Å². The first-order valence-corrected chi connectivity index (χ1v) is 8.16. The summed E-state index contributed by atoms with van der Waals surface area (Å²) in [6.07, 6.45) is 2.65. The standard InChI is InChI=1S/C16H21ClN4O2/c1-20-12-18-19-16(20)15-11-21(7-9-23-15)6-3-8-22-14-5-2-4-13(17)10-14/h2,4-5,10,12,15H,3,6-9,11H2,1H3. The molecule has 1 aromatic heterocycles. The molecule has 0 N–H and O–H groups in total. The van der Waals surface area contributed by atoms with Crippen LogP contribution in [0.15, 0.2) is 30.6 Å². The first-order chi connectivity index (χ1) is 11.2. The molecule has 7 heteroatoms. The van der Waals surface area contributed by atoms with Crippen LogP contribution in [0.25, 0.3) is 0 Å². The SMILES string of the molecule is Cn1cnnc1C1CN(CCCOc2cccc(Cl)c2)CCO1. The van der Waals surface area contributed by atoms with Crippen molar-refractivity contribution in [2.75, 3.05) is 32.8 Å². The zero-order valence-electron chi connectivity index (χ0n) is 13.2. The molecule has 0 radical (unpaired) electrons. The minimum Gasteiger partial charge on any atom is -0.493 e. The molecule has 0 spiro atoms. The number of halogens is 1. The van der Waals surface area contributed by atoms with Gasteiger partial charge >= 0.3 is 0 Å². The van der Waals surface area contributed by atoms with Gasteiger partial charge in [-0.25, -0.2) is 0 Å². The van der Waals surface area contributed by atoms with E-state index in [1.54, 1.807) is 6.33 Å². The summed E-state index contributed by atoms with van der Waals surface area (Å²) in [6, 6.07) is 7.49. The number of nitrogens with zero attached hydrogens (tertiary/aromatic N) is 4. The molecular formula is C16H21ClN4O2. The molecule has 1 atom stereocenters. The highest BCUT2D eigenvalue weighted by atomic mass is 35.5. The molecule has 1 fully saturated rings. The predicted molar refractivity (Wildman–Crippen MR) is 87.7 cm³/mol. The van der Waals surface area contributed by atoms with Crippen LogP contribution in [0.1, 0.15) is 18.3 Å². The maximum atomic E-state index is 5.94. The quantitative estimate of drug-likeness (QED) is 0.758. The van der Waals surface area contributed by atoms with E-state index in [2.05, 4.69) is 15.1 Å². The van der Waals surface area contributed by atoms with E-state index in [0.717, 1.165) is 37.6 Å². The van der Waals surface area contributed by atoms with Crippen LogP contribution in [-0.4, -0.2) is 52.5 Å². The fourth-order valence-electron chi connectivity index (χ4n) is 2.68. The van der Waals surface area contributed by atoms with Gasteiger partial charge in [-0.2, -0.15) is 0 Å². The van der Waals surface area contributed by atoms with Gasteiger partial charge in [0.1, 0.15) is 18.2 Å². The van der Waals surface area contributed by atoms with Crippen molar-refractivity contribution in [3.8, 4) is 5.75 Å². The van der Waals surface area contributed by atoms with E-state index >= 15 is 0 Å². The van der Waals surface area contributed by atoms with Gasteiger partial charge in [-0.15, -0.1) is 10.2 Å². The number of aromatic nitrogens is 3. The van der Waals surface area contributed by atoms with E-state index in [4.69, 9.17) is 21.1 Å². The van der Waals surface area contributed by atoms with Crippen molar-refractivity contribution >= 4 is 11.6 Å². The molecule has 1 unspecified atom stereocenters. The van der Waals surface area contributed by atoms with E-state index in [0.29, 0.717) is 18.2 Å². The average molecular weight is 337 g/mol. The number of benzene rings is 1. The van der Waals surface area contributed by atoms with Crippen molar-refractivity contribution in [2.45, 2.75) is 12.5 Å². The molecule has 1 saturated heterocycles. The molecule has 1 aliphatic rings. The summed E-state index contributed by atoms with van der Waals surface area (Å²) in [6.45, 7) is 4.13. The van der Waals surface area contributed by atoms with Gasteiger partial charge < -0.3 is 14.0 Å². The smallest absolute Gasteiger partial charge is 0.163 e. The highest BCUT2D eigenvalue weighted by molar-refractivity contribution is 6.30. The molecule has 6 nitrogen and oxygen atoms in total. The fraction of sp³-hybridized carbons (Fsp3) is 0.500. The zero-order valence-corrected chi connectivity index (χ0v) is 13.9. The summed E-state index contributed by atoms with van der Waals surface area (Å²) in [5.41, 5.74) is 0. The number of hydrogen-bond donors (Lipinski definition) is 0. The second-order valence-electron chi connectivity index (χ2n) is 5.62. The van der Waals surface area contributed by atoms with Crippen LogP contribution in [0.3, 0.4) is 0 Å². The van der Waals surface area contributed by atoms with Crippen LogP contribution in [0.2, 0.25) is 5.02 Å². The zero-order chi connectivity index (χ0) is 16.1. The summed E-state index contributed by atoms with van der Waals surface area (Å²) in [5, 5.41) is 8.76. The van der Waals surface area contributed by atoms with Gasteiger partial charge in [0, 0.05) is 31.7 Å². The first kappa shape index (κ1) is 16.2. The van der Waals surface area contributed by atoms with Crippen molar-refractivity contribution in [1.29, 1.82) is 0 Å². The summed E-state index contributed by atoms with van der Waals surface area (Å²) in [4.78, 5) is 2.38. The van der Waals surface area contributed by atoms with Crippen molar-refractivity contribution < 1.29 is 9.47 Å². The third kappa shape index (κ3) is 4.43. The topological polar surface area (TPSA) is 52.4 Å². The molecule has 23 heavy (non-hydrogen) atoms. The van der Waals surface area contributed by atoms with Gasteiger partial charge in [0.25, 0.3) is 0 Å². The minimum absolute atomic E-state index is 0.00917.